The second kappa shape index (κ2) is 6.31. The first-order chi connectivity index (χ1) is 8.72. The predicted molar refractivity (Wildman–Crippen MR) is 72.5 cm³/mol. The molecule has 1 fully saturated rings. The number of hydrogen-bond donors (Lipinski definition) is 1. The standard InChI is InChI=1S/C13H20N2O2S/c1-2-4-10(14)13(16)15-6-7-17-11(9-15)12-5-3-8-18-12/h3,5,8,10-11H,2,4,6-7,9,14H2,1H3. The molecule has 5 heteroatoms. The van der Waals surface area contributed by atoms with Crippen molar-refractivity contribution in [3.63, 3.8) is 0 Å². The fraction of sp³-hybridized carbons (Fsp3) is 0.615. The minimum absolute atomic E-state index is 0.0107. The van der Waals surface area contributed by atoms with Gasteiger partial charge in [0.2, 0.25) is 5.91 Å². The minimum atomic E-state index is -0.364. The van der Waals surface area contributed by atoms with Crippen LogP contribution in [0.4, 0.5) is 0 Å². The van der Waals surface area contributed by atoms with Gasteiger partial charge in [-0.3, -0.25) is 4.79 Å². The second-order valence-electron chi connectivity index (χ2n) is 4.55. The van der Waals surface area contributed by atoms with Crippen molar-refractivity contribution in [1.82, 2.24) is 4.90 Å². The highest BCUT2D eigenvalue weighted by Gasteiger charge is 2.28. The van der Waals surface area contributed by atoms with Gasteiger partial charge in [-0.15, -0.1) is 11.3 Å². The number of hydrogen-bond acceptors (Lipinski definition) is 4. The number of morpholine rings is 1. The van der Waals surface area contributed by atoms with E-state index in [-0.39, 0.29) is 18.1 Å². The van der Waals surface area contributed by atoms with E-state index >= 15 is 0 Å². The zero-order valence-corrected chi connectivity index (χ0v) is 11.5. The molecule has 0 aromatic carbocycles. The average Bonchev–Trinajstić information content (AvgIpc) is 2.92. The normalized spacial score (nSPS) is 21.9. The van der Waals surface area contributed by atoms with E-state index in [9.17, 15) is 4.79 Å². The number of thiophene rings is 1. The van der Waals surface area contributed by atoms with E-state index in [1.165, 1.54) is 4.88 Å². The molecule has 18 heavy (non-hydrogen) atoms. The summed E-state index contributed by atoms with van der Waals surface area (Å²) in [6.45, 7) is 3.91. The smallest absolute Gasteiger partial charge is 0.239 e. The van der Waals surface area contributed by atoms with Crippen molar-refractivity contribution in [2.75, 3.05) is 19.7 Å². The second-order valence-corrected chi connectivity index (χ2v) is 5.53. The van der Waals surface area contributed by atoms with Crippen LogP contribution in [-0.4, -0.2) is 36.5 Å². The first kappa shape index (κ1) is 13.5. The van der Waals surface area contributed by atoms with Crippen LogP contribution in [0, 0.1) is 0 Å². The van der Waals surface area contributed by atoms with Crippen LogP contribution in [0.25, 0.3) is 0 Å². The summed E-state index contributed by atoms with van der Waals surface area (Å²) < 4.78 is 5.72. The maximum absolute atomic E-state index is 12.2. The molecule has 2 unspecified atom stereocenters. The number of nitrogens with two attached hydrogens (primary N) is 1. The van der Waals surface area contributed by atoms with Crippen molar-refractivity contribution < 1.29 is 9.53 Å². The largest absolute Gasteiger partial charge is 0.369 e. The van der Waals surface area contributed by atoms with Crippen LogP contribution >= 0.6 is 11.3 Å². The van der Waals surface area contributed by atoms with E-state index in [1.54, 1.807) is 11.3 Å². The molecule has 0 spiro atoms. The predicted octanol–water partition coefficient (Wildman–Crippen LogP) is 1.78. The third-order valence-corrected chi connectivity index (χ3v) is 4.12. The summed E-state index contributed by atoms with van der Waals surface area (Å²) in [5, 5.41) is 2.03. The van der Waals surface area contributed by atoms with Gasteiger partial charge in [-0.2, -0.15) is 0 Å². The maximum atomic E-state index is 12.2. The third kappa shape index (κ3) is 3.10. The van der Waals surface area contributed by atoms with Gasteiger partial charge in [0, 0.05) is 11.4 Å². The molecule has 1 aromatic rings. The molecule has 2 atom stereocenters. The molecule has 0 radical (unpaired) electrons. The van der Waals surface area contributed by atoms with Crippen molar-refractivity contribution >= 4 is 17.2 Å². The Balaban J connectivity index is 1.96. The minimum Gasteiger partial charge on any atom is -0.369 e. The van der Waals surface area contributed by atoms with Crippen LogP contribution in [0.5, 0.6) is 0 Å². The SMILES string of the molecule is CCCC(N)C(=O)N1CCOC(c2cccs2)C1. The maximum Gasteiger partial charge on any atom is 0.239 e. The number of carbonyl (C=O) groups is 1. The lowest BCUT2D eigenvalue weighted by atomic mass is 10.1. The molecular formula is C13H20N2O2S. The van der Waals surface area contributed by atoms with Crippen molar-refractivity contribution in [3.8, 4) is 0 Å². The zero-order valence-electron chi connectivity index (χ0n) is 10.7. The van der Waals surface area contributed by atoms with Crippen LogP contribution in [0.1, 0.15) is 30.7 Å². The molecule has 2 rings (SSSR count). The van der Waals surface area contributed by atoms with Gasteiger partial charge in [0.15, 0.2) is 0 Å². The quantitative estimate of drug-likeness (QED) is 0.905. The van der Waals surface area contributed by atoms with E-state index in [1.807, 2.05) is 23.3 Å². The highest BCUT2D eigenvalue weighted by Crippen LogP contribution is 2.26. The Morgan fingerprint density at radius 2 is 2.56 bits per heavy atom. The number of nitrogens with zero attached hydrogens (tertiary/aromatic N) is 1. The van der Waals surface area contributed by atoms with Gasteiger partial charge in [0.05, 0.1) is 19.2 Å². The molecule has 2 heterocycles. The van der Waals surface area contributed by atoms with Crippen molar-refractivity contribution in [2.24, 2.45) is 5.73 Å². The fourth-order valence-electron chi connectivity index (χ4n) is 2.17. The van der Waals surface area contributed by atoms with E-state index < -0.39 is 0 Å². The molecule has 1 aromatic heterocycles. The van der Waals surface area contributed by atoms with Gasteiger partial charge in [0.25, 0.3) is 0 Å². The molecule has 1 saturated heterocycles. The van der Waals surface area contributed by atoms with E-state index in [0.717, 1.165) is 12.8 Å². The number of carbonyl (C=O) groups excluding carboxylic acids is 1. The highest BCUT2D eigenvalue weighted by molar-refractivity contribution is 7.10. The van der Waals surface area contributed by atoms with E-state index in [0.29, 0.717) is 19.7 Å². The molecule has 0 aliphatic carbocycles. The molecule has 100 valence electrons. The average molecular weight is 268 g/mol. The highest BCUT2D eigenvalue weighted by atomic mass is 32.1. The molecule has 1 aliphatic heterocycles. The van der Waals surface area contributed by atoms with Gasteiger partial charge in [-0.05, 0) is 17.9 Å². The zero-order chi connectivity index (χ0) is 13.0. The number of amides is 1. The molecule has 1 amide bonds. The van der Waals surface area contributed by atoms with Crippen LogP contribution in [0.2, 0.25) is 0 Å². The summed E-state index contributed by atoms with van der Waals surface area (Å²) in [5.41, 5.74) is 5.89. The van der Waals surface area contributed by atoms with Crippen LogP contribution in [0.15, 0.2) is 17.5 Å². The Labute approximate surface area is 112 Å². The summed E-state index contributed by atoms with van der Waals surface area (Å²) in [6, 6.07) is 3.69. The summed E-state index contributed by atoms with van der Waals surface area (Å²) in [7, 11) is 0. The summed E-state index contributed by atoms with van der Waals surface area (Å²) in [4.78, 5) is 15.2. The lowest BCUT2D eigenvalue weighted by Gasteiger charge is -2.34. The number of rotatable bonds is 4. The lowest BCUT2D eigenvalue weighted by molar-refractivity contribution is -0.140. The molecule has 2 N–H and O–H groups in total. The lowest BCUT2D eigenvalue weighted by Crippen LogP contribution is -2.49. The van der Waals surface area contributed by atoms with Crippen molar-refractivity contribution in [1.29, 1.82) is 0 Å². The van der Waals surface area contributed by atoms with Gasteiger partial charge in [0.1, 0.15) is 6.10 Å². The molecule has 4 nitrogen and oxygen atoms in total. The summed E-state index contributed by atoms with van der Waals surface area (Å²) in [6.07, 6.45) is 1.70. The topological polar surface area (TPSA) is 55.6 Å². The molecule has 0 bridgehead atoms. The number of ether oxygens (including phenoxy) is 1. The Kier molecular flexibility index (Phi) is 4.74. The summed E-state index contributed by atoms with van der Waals surface area (Å²) >= 11 is 1.67. The van der Waals surface area contributed by atoms with Crippen molar-refractivity contribution in [2.45, 2.75) is 31.9 Å². The Morgan fingerprint density at radius 3 is 3.22 bits per heavy atom. The fourth-order valence-corrected chi connectivity index (χ4v) is 2.93. The van der Waals surface area contributed by atoms with E-state index in [4.69, 9.17) is 10.5 Å². The molecular weight excluding hydrogens is 248 g/mol. The van der Waals surface area contributed by atoms with Crippen LogP contribution < -0.4 is 5.73 Å². The molecule has 0 saturated carbocycles. The first-order valence-electron chi connectivity index (χ1n) is 6.41. The Hall–Kier alpha value is -0.910. The van der Waals surface area contributed by atoms with Gasteiger partial charge in [-0.1, -0.05) is 19.4 Å². The van der Waals surface area contributed by atoms with E-state index in [2.05, 4.69) is 6.07 Å². The van der Waals surface area contributed by atoms with Crippen molar-refractivity contribution in [3.05, 3.63) is 22.4 Å². The van der Waals surface area contributed by atoms with Crippen LogP contribution in [0.3, 0.4) is 0 Å². The van der Waals surface area contributed by atoms with Gasteiger partial charge in [-0.25, -0.2) is 0 Å². The Morgan fingerprint density at radius 1 is 1.72 bits per heavy atom. The van der Waals surface area contributed by atoms with Gasteiger partial charge < -0.3 is 15.4 Å². The third-order valence-electron chi connectivity index (χ3n) is 3.16. The molecule has 1 aliphatic rings. The first-order valence-corrected chi connectivity index (χ1v) is 7.29. The Bertz CT molecular complexity index is 380. The monoisotopic (exact) mass is 268 g/mol. The van der Waals surface area contributed by atoms with Gasteiger partial charge >= 0.3 is 0 Å². The van der Waals surface area contributed by atoms with Crippen LogP contribution in [-0.2, 0) is 9.53 Å². The summed E-state index contributed by atoms with van der Waals surface area (Å²) in [5.74, 6) is 0.0571.